The van der Waals surface area contributed by atoms with Crippen molar-refractivity contribution in [1.82, 2.24) is 0 Å². The van der Waals surface area contributed by atoms with Crippen LogP contribution in [0.3, 0.4) is 0 Å². The molecule has 7 nitrogen and oxygen atoms in total. The minimum Gasteiger partial charge on any atom is -0.507 e. The van der Waals surface area contributed by atoms with E-state index in [1.54, 1.807) is 6.92 Å². The number of hydrogen-bond acceptors (Lipinski definition) is 6. The van der Waals surface area contributed by atoms with Gasteiger partial charge in [-0.15, -0.1) is 0 Å². The van der Waals surface area contributed by atoms with Gasteiger partial charge in [0, 0.05) is 17.7 Å². The lowest BCUT2D eigenvalue weighted by atomic mass is 10.0. The summed E-state index contributed by atoms with van der Waals surface area (Å²) in [7, 11) is 1.05. The fourth-order valence-corrected chi connectivity index (χ4v) is 3.30. The number of aryl methyl sites for hydroxylation is 2. The lowest BCUT2D eigenvalue weighted by Gasteiger charge is -2.16. The van der Waals surface area contributed by atoms with Gasteiger partial charge >= 0.3 is 18.1 Å². The Balaban J connectivity index is 2.11. The average molecular weight is 499 g/mol. The first-order valence-corrected chi connectivity index (χ1v) is 10.6. The molecule has 1 amide bonds. The number of amides is 1. The number of carbonyl (C=O) groups excluding carboxylic acids is 3. The van der Waals surface area contributed by atoms with Crippen LogP contribution in [0.15, 0.2) is 24.3 Å². The number of benzene rings is 2. The minimum atomic E-state index is -4.47. The largest absolute Gasteiger partial charge is 0.507 e. The molecule has 0 aliphatic heterocycles. The van der Waals surface area contributed by atoms with Gasteiger partial charge in [-0.1, -0.05) is 0 Å². The zero-order valence-corrected chi connectivity index (χ0v) is 19.3. The summed E-state index contributed by atoms with van der Waals surface area (Å²) in [4.78, 5) is 34.7. The zero-order chi connectivity index (χ0) is 26.3. The van der Waals surface area contributed by atoms with Gasteiger partial charge in [-0.3, -0.25) is 9.59 Å². The summed E-state index contributed by atoms with van der Waals surface area (Å²) in [6.07, 6.45) is -5.89. The summed E-state index contributed by atoms with van der Waals surface area (Å²) in [5, 5.41) is 12.6. The monoisotopic (exact) mass is 499 g/mol. The summed E-state index contributed by atoms with van der Waals surface area (Å²) in [5.74, 6) is -3.75. The van der Waals surface area contributed by atoms with Crippen molar-refractivity contribution in [3.8, 4) is 11.5 Å². The first-order valence-electron chi connectivity index (χ1n) is 10.6. The van der Waals surface area contributed by atoms with Crippen LogP contribution in [0, 0.1) is 12.7 Å². The van der Waals surface area contributed by atoms with Gasteiger partial charge in [0.2, 0.25) is 0 Å². The van der Waals surface area contributed by atoms with Gasteiger partial charge in [0.15, 0.2) is 5.78 Å². The Hall–Kier alpha value is -3.63. The molecule has 0 fully saturated rings. The molecule has 0 radical (unpaired) electrons. The van der Waals surface area contributed by atoms with Crippen LogP contribution in [0.2, 0.25) is 0 Å². The molecule has 0 spiro atoms. The molecular weight excluding hydrogens is 474 g/mol. The van der Waals surface area contributed by atoms with Crippen molar-refractivity contribution in [2.75, 3.05) is 19.0 Å². The van der Waals surface area contributed by atoms with E-state index in [0.717, 1.165) is 7.11 Å². The van der Waals surface area contributed by atoms with Gasteiger partial charge in [-0.05, 0) is 68.5 Å². The summed E-state index contributed by atoms with van der Waals surface area (Å²) in [6.45, 7) is 2.69. The van der Waals surface area contributed by atoms with E-state index in [2.05, 4.69) is 10.1 Å². The van der Waals surface area contributed by atoms with E-state index in [0.29, 0.717) is 5.56 Å². The maximum atomic E-state index is 14.4. The highest BCUT2D eigenvalue weighted by Crippen LogP contribution is 2.35. The molecule has 0 bridgehead atoms. The molecule has 2 aromatic carbocycles. The summed E-state index contributed by atoms with van der Waals surface area (Å²) < 4.78 is 62.4. The number of phenols is 1. The standard InChI is InChI=1S/C24H25F4NO6/c1-13-11-18(25)15(12-19(13)29-22(32)23(33)34-3)5-4-10-35-20-7-6-16(14(2)30)21(31)17(20)8-9-24(26,27)28/h6-7,11-12,31H,4-5,8-10H2,1-3H3,(H,29,32). The molecule has 0 saturated carbocycles. The van der Waals surface area contributed by atoms with Crippen molar-refractivity contribution in [1.29, 1.82) is 0 Å². The summed E-state index contributed by atoms with van der Waals surface area (Å²) in [5.41, 5.74) is 0.570. The van der Waals surface area contributed by atoms with Crippen molar-refractivity contribution in [3.05, 3.63) is 52.3 Å². The number of phenolic OH excluding ortho intramolecular Hbond substituents is 1. The van der Waals surface area contributed by atoms with E-state index in [-0.39, 0.29) is 47.6 Å². The number of alkyl halides is 3. The quantitative estimate of drug-likeness (QED) is 0.171. The normalized spacial score (nSPS) is 11.2. The third kappa shape index (κ3) is 7.69. The second-order valence-electron chi connectivity index (χ2n) is 7.77. The molecule has 0 unspecified atom stereocenters. The van der Waals surface area contributed by atoms with Crippen LogP contribution in [0.25, 0.3) is 0 Å². The number of aromatic hydroxyl groups is 1. The predicted octanol–water partition coefficient (Wildman–Crippen LogP) is 4.66. The van der Waals surface area contributed by atoms with Crippen LogP contribution < -0.4 is 10.1 Å². The minimum absolute atomic E-state index is 0.00726. The summed E-state index contributed by atoms with van der Waals surface area (Å²) in [6, 6.07) is 5.14. The molecular formula is C24H25F4NO6. The van der Waals surface area contributed by atoms with Gasteiger partial charge < -0.3 is 19.9 Å². The third-order valence-electron chi connectivity index (χ3n) is 5.14. The van der Waals surface area contributed by atoms with Crippen molar-refractivity contribution in [3.63, 3.8) is 0 Å². The van der Waals surface area contributed by atoms with Crippen molar-refractivity contribution >= 4 is 23.3 Å². The van der Waals surface area contributed by atoms with E-state index >= 15 is 0 Å². The molecule has 0 aliphatic carbocycles. The molecule has 0 heterocycles. The lowest BCUT2D eigenvalue weighted by Crippen LogP contribution is -2.24. The Bertz CT molecular complexity index is 1110. The number of anilines is 1. The van der Waals surface area contributed by atoms with Crippen molar-refractivity contribution in [2.24, 2.45) is 0 Å². The number of hydrogen-bond donors (Lipinski definition) is 2. The molecule has 190 valence electrons. The Morgan fingerprint density at radius 3 is 2.40 bits per heavy atom. The molecule has 0 aliphatic rings. The van der Waals surface area contributed by atoms with Gasteiger partial charge in [0.25, 0.3) is 0 Å². The molecule has 0 atom stereocenters. The highest BCUT2D eigenvalue weighted by atomic mass is 19.4. The number of carbonyl (C=O) groups is 3. The smallest absolute Gasteiger partial charge is 0.396 e. The molecule has 2 N–H and O–H groups in total. The maximum absolute atomic E-state index is 14.4. The SMILES string of the molecule is COC(=O)C(=O)Nc1cc(CCCOc2ccc(C(C)=O)c(O)c2CCC(F)(F)F)c(F)cc1C. The number of ketones is 1. The number of methoxy groups -OCH3 is 1. The van der Waals surface area contributed by atoms with Gasteiger partial charge in [-0.25, -0.2) is 9.18 Å². The highest BCUT2D eigenvalue weighted by Gasteiger charge is 2.29. The number of halogens is 4. The van der Waals surface area contributed by atoms with Gasteiger partial charge in [-0.2, -0.15) is 13.2 Å². The van der Waals surface area contributed by atoms with Crippen LogP contribution in [0.4, 0.5) is 23.2 Å². The van der Waals surface area contributed by atoms with Crippen LogP contribution in [-0.2, 0) is 27.2 Å². The van der Waals surface area contributed by atoms with Crippen molar-refractivity contribution < 1.29 is 46.5 Å². The fraction of sp³-hybridized carbons (Fsp3) is 0.375. The lowest BCUT2D eigenvalue weighted by molar-refractivity contribution is -0.150. The second-order valence-corrected chi connectivity index (χ2v) is 7.77. The Morgan fingerprint density at radius 1 is 1.11 bits per heavy atom. The first-order chi connectivity index (χ1) is 16.3. The average Bonchev–Trinajstić information content (AvgIpc) is 2.77. The van der Waals surface area contributed by atoms with E-state index in [4.69, 9.17) is 4.74 Å². The number of Topliss-reactive ketones (excluding diaryl/α,β-unsaturated/α-hetero) is 1. The zero-order valence-electron chi connectivity index (χ0n) is 19.3. The molecule has 0 aromatic heterocycles. The van der Waals surface area contributed by atoms with E-state index in [1.807, 2.05) is 0 Å². The van der Waals surface area contributed by atoms with Crippen LogP contribution >= 0.6 is 0 Å². The van der Waals surface area contributed by atoms with Crippen LogP contribution in [0.1, 0.15) is 46.8 Å². The van der Waals surface area contributed by atoms with E-state index < -0.39 is 48.2 Å². The summed E-state index contributed by atoms with van der Waals surface area (Å²) >= 11 is 0. The van der Waals surface area contributed by atoms with Crippen molar-refractivity contribution in [2.45, 2.75) is 45.7 Å². The maximum Gasteiger partial charge on any atom is 0.396 e. The fourth-order valence-electron chi connectivity index (χ4n) is 3.30. The second kappa shape index (κ2) is 11.7. The Morgan fingerprint density at radius 2 is 1.80 bits per heavy atom. The molecule has 2 aromatic rings. The van der Waals surface area contributed by atoms with E-state index in [9.17, 15) is 37.1 Å². The highest BCUT2D eigenvalue weighted by molar-refractivity contribution is 6.37. The molecule has 0 saturated heterocycles. The Labute approximate surface area is 199 Å². The topological polar surface area (TPSA) is 102 Å². The first kappa shape index (κ1) is 27.6. The molecule has 2 rings (SSSR count). The van der Waals surface area contributed by atoms with Gasteiger partial charge in [0.1, 0.15) is 17.3 Å². The number of rotatable bonds is 9. The number of nitrogens with one attached hydrogen (secondary N) is 1. The third-order valence-corrected chi connectivity index (χ3v) is 5.14. The van der Waals surface area contributed by atoms with E-state index in [1.165, 1.54) is 31.2 Å². The Kier molecular flexibility index (Phi) is 9.21. The number of esters is 1. The number of ether oxygens (including phenoxy) is 2. The van der Waals surface area contributed by atoms with Gasteiger partial charge in [0.05, 0.1) is 19.3 Å². The molecule has 11 heteroatoms. The van der Waals surface area contributed by atoms with Crippen LogP contribution in [0.5, 0.6) is 11.5 Å². The molecule has 35 heavy (non-hydrogen) atoms. The predicted molar refractivity (Wildman–Crippen MR) is 118 cm³/mol. The van der Waals surface area contributed by atoms with Crippen LogP contribution in [-0.4, -0.2) is 42.7 Å².